The molecule has 4 N–H and O–H groups in total. The van der Waals surface area contributed by atoms with Gasteiger partial charge in [0.05, 0.1) is 12.3 Å². The van der Waals surface area contributed by atoms with Crippen molar-refractivity contribution in [1.29, 1.82) is 0 Å². The van der Waals surface area contributed by atoms with Crippen molar-refractivity contribution in [3.05, 3.63) is 35.9 Å². The summed E-state index contributed by atoms with van der Waals surface area (Å²) in [6, 6.07) is 3.76. The Morgan fingerprint density at radius 1 is 1.44 bits per heavy atom. The lowest BCUT2D eigenvalue weighted by Gasteiger charge is -2.34. The van der Waals surface area contributed by atoms with Crippen LogP contribution in [0.3, 0.4) is 0 Å². The molecule has 1 aliphatic carbocycles. The number of pyridine rings is 1. The minimum absolute atomic E-state index is 0.145. The fourth-order valence-electron chi connectivity index (χ4n) is 2.33. The Labute approximate surface area is 145 Å². The predicted molar refractivity (Wildman–Crippen MR) is 90.9 cm³/mol. The van der Waals surface area contributed by atoms with E-state index in [4.69, 9.17) is 4.74 Å². The second-order valence-corrected chi connectivity index (χ2v) is 5.89. The molecule has 25 heavy (non-hydrogen) atoms. The molecule has 1 unspecified atom stereocenters. The molecule has 1 aromatic heterocycles. The molecule has 2 aliphatic rings. The lowest BCUT2D eigenvalue weighted by molar-refractivity contribution is -0.118. The summed E-state index contributed by atoms with van der Waals surface area (Å²) < 4.78 is 5.02. The highest BCUT2D eigenvalue weighted by Crippen LogP contribution is 2.19. The third-order valence-electron chi connectivity index (χ3n) is 3.81. The van der Waals surface area contributed by atoms with Crippen LogP contribution >= 0.6 is 0 Å². The van der Waals surface area contributed by atoms with E-state index in [1.165, 1.54) is 6.20 Å². The van der Waals surface area contributed by atoms with Crippen molar-refractivity contribution in [2.24, 2.45) is 0 Å². The topological polar surface area (TPSA) is 108 Å². The van der Waals surface area contributed by atoms with E-state index in [2.05, 4.69) is 26.5 Å². The first-order valence-electron chi connectivity index (χ1n) is 8.23. The van der Waals surface area contributed by atoms with Crippen LogP contribution in [0, 0.1) is 0 Å². The molecule has 1 aliphatic heterocycles. The number of aromatic nitrogens is 1. The summed E-state index contributed by atoms with van der Waals surface area (Å²) in [5, 5.41) is 6.08. The minimum atomic E-state index is -0.489. The number of carbonyl (C=O) groups excluding carboxylic acids is 2. The van der Waals surface area contributed by atoms with Gasteiger partial charge in [-0.15, -0.1) is 0 Å². The molecule has 0 radical (unpaired) electrons. The number of nitrogens with one attached hydrogen (secondary N) is 4. The number of nitrogens with zero attached hydrogens (tertiary/aromatic N) is 2. The van der Waals surface area contributed by atoms with Gasteiger partial charge in [0, 0.05) is 25.5 Å². The lowest BCUT2D eigenvalue weighted by atomic mass is 10.3. The van der Waals surface area contributed by atoms with Crippen LogP contribution in [-0.2, 0) is 9.53 Å². The van der Waals surface area contributed by atoms with Gasteiger partial charge in [-0.3, -0.25) is 4.79 Å². The van der Waals surface area contributed by atoms with Gasteiger partial charge >= 0.3 is 5.97 Å². The maximum absolute atomic E-state index is 12.1. The number of anilines is 1. The summed E-state index contributed by atoms with van der Waals surface area (Å²) in [7, 11) is 1.82. The molecule has 0 saturated heterocycles. The largest absolute Gasteiger partial charge is 0.461 e. The van der Waals surface area contributed by atoms with Gasteiger partial charge in [-0.25, -0.2) is 9.78 Å². The third-order valence-corrected chi connectivity index (χ3v) is 3.81. The van der Waals surface area contributed by atoms with Crippen LogP contribution in [0.15, 0.2) is 30.2 Å². The number of hydrogen-bond donors (Lipinski definition) is 4. The molecule has 0 aromatic carbocycles. The quantitative estimate of drug-likeness (QED) is 0.538. The fraction of sp³-hybridized carbons (Fsp3) is 0.438. The van der Waals surface area contributed by atoms with Gasteiger partial charge in [0.2, 0.25) is 0 Å². The van der Waals surface area contributed by atoms with Crippen LogP contribution in [0.2, 0.25) is 0 Å². The molecule has 2 heterocycles. The Balaban J connectivity index is 1.67. The molecule has 1 fully saturated rings. The molecule has 0 bridgehead atoms. The van der Waals surface area contributed by atoms with E-state index in [1.807, 2.05) is 7.05 Å². The number of esters is 1. The van der Waals surface area contributed by atoms with Crippen molar-refractivity contribution < 1.29 is 14.3 Å². The van der Waals surface area contributed by atoms with Gasteiger partial charge in [-0.05, 0) is 31.9 Å². The standard InChI is InChI=1S/C16H22N6O3/c1-3-25-15(24)13-11(5-4-8-17-13)19-16-21-20-12(9-22(16)2)14(23)18-10-6-7-10/h4-5,8-10,16,19-21H,3,6-7H2,1-2H3,(H,18,23). The first kappa shape index (κ1) is 17.0. The van der Waals surface area contributed by atoms with Crippen LogP contribution in [0.4, 0.5) is 5.69 Å². The summed E-state index contributed by atoms with van der Waals surface area (Å²) in [5.41, 5.74) is 7.06. The van der Waals surface area contributed by atoms with Crippen molar-refractivity contribution in [2.45, 2.75) is 32.1 Å². The molecule has 9 heteroatoms. The Hall–Kier alpha value is -2.81. The van der Waals surface area contributed by atoms with Crippen molar-refractivity contribution in [1.82, 2.24) is 26.1 Å². The second kappa shape index (κ2) is 7.39. The number of rotatable bonds is 6. The van der Waals surface area contributed by atoms with E-state index in [0.29, 0.717) is 17.4 Å². The first-order chi connectivity index (χ1) is 12.1. The van der Waals surface area contributed by atoms with Crippen LogP contribution < -0.4 is 21.5 Å². The third kappa shape index (κ3) is 4.18. The number of hydrazine groups is 1. The van der Waals surface area contributed by atoms with Crippen molar-refractivity contribution in [3.63, 3.8) is 0 Å². The number of ether oxygens (including phenoxy) is 1. The molecule has 0 spiro atoms. The fourth-order valence-corrected chi connectivity index (χ4v) is 2.33. The molecule has 9 nitrogen and oxygen atoms in total. The minimum Gasteiger partial charge on any atom is -0.461 e. The number of hydrogen-bond acceptors (Lipinski definition) is 8. The molecular formula is C16H22N6O3. The average Bonchev–Trinajstić information content (AvgIpc) is 3.41. The molecule has 1 aromatic rings. The molecule has 1 atom stereocenters. The maximum atomic E-state index is 12.1. The average molecular weight is 346 g/mol. The highest BCUT2D eigenvalue weighted by atomic mass is 16.5. The highest BCUT2D eigenvalue weighted by molar-refractivity contribution is 5.94. The van der Waals surface area contributed by atoms with Gasteiger partial charge in [-0.1, -0.05) is 0 Å². The molecule has 134 valence electrons. The van der Waals surface area contributed by atoms with Crippen LogP contribution in [0.25, 0.3) is 0 Å². The summed E-state index contributed by atoms with van der Waals surface area (Å²) in [6.07, 6.45) is 4.92. The summed E-state index contributed by atoms with van der Waals surface area (Å²) in [6.45, 7) is 2.02. The highest BCUT2D eigenvalue weighted by Gasteiger charge is 2.28. The predicted octanol–water partition coefficient (Wildman–Crippen LogP) is 0.113. The number of carbonyl (C=O) groups is 2. The molecule has 1 amide bonds. The smallest absolute Gasteiger partial charge is 0.359 e. The van der Waals surface area contributed by atoms with Gasteiger partial charge in [0.1, 0.15) is 5.70 Å². The summed E-state index contributed by atoms with van der Waals surface area (Å²) in [5.74, 6) is -0.633. The van der Waals surface area contributed by atoms with Gasteiger partial charge in [0.15, 0.2) is 12.0 Å². The van der Waals surface area contributed by atoms with Gasteiger partial charge in [-0.2, -0.15) is 5.43 Å². The van der Waals surface area contributed by atoms with Crippen LogP contribution in [0.5, 0.6) is 0 Å². The molecular weight excluding hydrogens is 324 g/mol. The van der Waals surface area contributed by atoms with E-state index in [9.17, 15) is 9.59 Å². The Morgan fingerprint density at radius 3 is 2.92 bits per heavy atom. The normalized spacial score (nSPS) is 19.5. The van der Waals surface area contributed by atoms with Crippen LogP contribution in [0.1, 0.15) is 30.3 Å². The van der Waals surface area contributed by atoms with Crippen LogP contribution in [-0.4, -0.2) is 47.7 Å². The molecule has 3 rings (SSSR count). The van der Waals surface area contributed by atoms with Crippen molar-refractivity contribution in [3.8, 4) is 0 Å². The van der Waals surface area contributed by atoms with Gasteiger partial charge in [0.25, 0.3) is 5.91 Å². The Morgan fingerprint density at radius 2 is 2.24 bits per heavy atom. The number of amides is 1. The monoisotopic (exact) mass is 346 g/mol. The van der Waals surface area contributed by atoms with Crippen molar-refractivity contribution in [2.75, 3.05) is 19.0 Å². The van der Waals surface area contributed by atoms with E-state index in [0.717, 1.165) is 12.8 Å². The zero-order valence-corrected chi connectivity index (χ0v) is 14.2. The Kier molecular flexibility index (Phi) is 5.03. The van der Waals surface area contributed by atoms with E-state index in [1.54, 1.807) is 30.2 Å². The lowest BCUT2D eigenvalue weighted by Crippen LogP contribution is -2.58. The summed E-state index contributed by atoms with van der Waals surface area (Å²) in [4.78, 5) is 30.0. The maximum Gasteiger partial charge on any atom is 0.359 e. The first-order valence-corrected chi connectivity index (χ1v) is 8.23. The van der Waals surface area contributed by atoms with E-state index < -0.39 is 5.97 Å². The van der Waals surface area contributed by atoms with Gasteiger partial charge < -0.3 is 25.7 Å². The second-order valence-electron chi connectivity index (χ2n) is 5.89. The SMILES string of the molecule is CCOC(=O)c1ncccc1NC1NNC(C(=O)NC2CC2)=CN1C. The van der Waals surface area contributed by atoms with E-state index in [-0.39, 0.29) is 24.5 Å². The zero-order chi connectivity index (χ0) is 17.8. The van der Waals surface area contributed by atoms with Crippen molar-refractivity contribution >= 4 is 17.6 Å². The Bertz CT molecular complexity index is 688. The summed E-state index contributed by atoms with van der Waals surface area (Å²) >= 11 is 0. The van der Waals surface area contributed by atoms with E-state index >= 15 is 0 Å². The zero-order valence-electron chi connectivity index (χ0n) is 14.2. The molecule has 1 saturated carbocycles.